The number of aromatic nitrogens is 2. The molecule has 0 spiro atoms. The van der Waals surface area contributed by atoms with E-state index >= 15 is 0 Å². The lowest BCUT2D eigenvalue weighted by Gasteiger charge is -2.26. The van der Waals surface area contributed by atoms with Gasteiger partial charge >= 0.3 is 0 Å². The summed E-state index contributed by atoms with van der Waals surface area (Å²) in [5.74, 6) is 3.60. The molecule has 242 valence electrons. The molecule has 1 aliphatic carbocycles. The SMILES string of the molecule is CC1(C)c2ccccc2-c2c1ccc1c2Oc2cccc(-c3ccc(-c4nc(-c5ccccc5)cc(-c5cccc6ccccc56)n4)cc3)c2O1. The van der Waals surface area contributed by atoms with Crippen LogP contribution in [0.2, 0.25) is 0 Å². The summed E-state index contributed by atoms with van der Waals surface area (Å²) in [7, 11) is 0. The fourth-order valence-corrected chi connectivity index (χ4v) is 7.79. The zero-order chi connectivity index (χ0) is 34.1. The van der Waals surface area contributed by atoms with Crippen LogP contribution in [-0.4, -0.2) is 9.97 Å². The number of ether oxygens (including phenoxy) is 2. The Labute approximate surface area is 296 Å². The van der Waals surface area contributed by atoms with Crippen molar-refractivity contribution in [2.45, 2.75) is 19.3 Å². The van der Waals surface area contributed by atoms with E-state index in [1.165, 1.54) is 22.1 Å². The number of rotatable bonds is 4. The Morgan fingerprint density at radius 1 is 0.451 bits per heavy atom. The molecular weight excluding hydrogens is 625 g/mol. The van der Waals surface area contributed by atoms with Crippen LogP contribution in [-0.2, 0) is 5.41 Å². The average Bonchev–Trinajstić information content (AvgIpc) is 3.43. The van der Waals surface area contributed by atoms with Crippen molar-refractivity contribution in [3.8, 4) is 79.2 Å². The van der Waals surface area contributed by atoms with Crippen LogP contribution in [0.5, 0.6) is 23.0 Å². The molecule has 0 saturated heterocycles. The minimum Gasteiger partial charge on any atom is -0.449 e. The topological polar surface area (TPSA) is 44.2 Å². The summed E-state index contributed by atoms with van der Waals surface area (Å²) in [6.45, 7) is 4.55. The standard InChI is InChI=1S/C47H32N2O2/c1-47(2)37-20-9-8-17-36(37)43-38(47)26-27-42-45(43)51-41-21-11-18-34(44(41)50-42)30-22-24-32(25-23-30)46-48-39(31-13-4-3-5-14-31)28-40(49-46)35-19-10-15-29-12-6-7-16-33(29)35/h3-28H,1-2H3. The van der Waals surface area contributed by atoms with E-state index in [2.05, 4.69) is 141 Å². The molecule has 2 heterocycles. The highest BCUT2D eigenvalue weighted by Gasteiger charge is 2.39. The third-order valence-corrected chi connectivity index (χ3v) is 10.4. The van der Waals surface area contributed by atoms with Crippen LogP contribution in [0.3, 0.4) is 0 Å². The van der Waals surface area contributed by atoms with Gasteiger partial charge in [-0.15, -0.1) is 0 Å². The lowest BCUT2D eigenvalue weighted by atomic mass is 9.82. The molecule has 0 atom stereocenters. The number of hydrogen-bond acceptors (Lipinski definition) is 4. The molecule has 0 unspecified atom stereocenters. The summed E-state index contributed by atoms with van der Waals surface area (Å²) >= 11 is 0. The molecule has 10 rings (SSSR count). The molecule has 8 aromatic rings. The summed E-state index contributed by atoms with van der Waals surface area (Å²) in [5, 5.41) is 2.34. The van der Waals surface area contributed by atoms with Gasteiger partial charge in [0.05, 0.1) is 11.4 Å². The molecule has 4 heteroatoms. The van der Waals surface area contributed by atoms with Crippen molar-refractivity contribution in [1.29, 1.82) is 0 Å². The van der Waals surface area contributed by atoms with E-state index in [1.54, 1.807) is 0 Å². The molecule has 0 fully saturated rings. The van der Waals surface area contributed by atoms with Gasteiger partial charge in [0.2, 0.25) is 0 Å². The number of fused-ring (bicyclic) bond motifs is 7. The van der Waals surface area contributed by atoms with Gasteiger partial charge in [-0.1, -0.05) is 153 Å². The molecule has 1 aromatic heterocycles. The number of benzene rings is 7. The fourth-order valence-electron chi connectivity index (χ4n) is 7.79. The second-order valence-electron chi connectivity index (χ2n) is 13.8. The molecular formula is C47H32N2O2. The highest BCUT2D eigenvalue weighted by Crippen LogP contribution is 2.59. The van der Waals surface area contributed by atoms with Gasteiger partial charge in [0.15, 0.2) is 28.8 Å². The summed E-state index contributed by atoms with van der Waals surface area (Å²) in [6, 6.07) is 54.5. The van der Waals surface area contributed by atoms with Gasteiger partial charge in [0, 0.05) is 33.2 Å². The van der Waals surface area contributed by atoms with E-state index in [1.807, 2.05) is 30.3 Å². The molecule has 51 heavy (non-hydrogen) atoms. The monoisotopic (exact) mass is 656 g/mol. The van der Waals surface area contributed by atoms with Gasteiger partial charge in [0.25, 0.3) is 0 Å². The van der Waals surface area contributed by atoms with Crippen LogP contribution in [0.1, 0.15) is 25.0 Å². The van der Waals surface area contributed by atoms with E-state index in [4.69, 9.17) is 19.4 Å². The maximum Gasteiger partial charge on any atom is 0.178 e. The Bertz CT molecular complexity index is 2660. The van der Waals surface area contributed by atoms with E-state index in [0.29, 0.717) is 17.3 Å². The van der Waals surface area contributed by atoms with Crippen molar-refractivity contribution in [2.24, 2.45) is 0 Å². The smallest absolute Gasteiger partial charge is 0.178 e. The predicted octanol–water partition coefficient (Wildman–Crippen LogP) is 12.5. The molecule has 0 saturated carbocycles. The van der Waals surface area contributed by atoms with Gasteiger partial charge in [-0.05, 0) is 51.2 Å². The van der Waals surface area contributed by atoms with Crippen LogP contribution in [0.4, 0.5) is 0 Å². The van der Waals surface area contributed by atoms with Crippen molar-refractivity contribution < 1.29 is 9.47 Å². The molecule has 0 radical (unpaired) electrons. The summed E-state index contributed by atoms with van der Waals surface area (Å²) in [4.78, 5) is 10.2. The molecule has 2 aliphatic rings. The third kappa shape index (κ3) is 4.68. The number of para-hydroxylation sites is 1. The Balaban J connectivity index is 1.04. The Hall–Kier alpha value is -6.52. The zero-order valence-corrected chi connectivity index (χ0v) is 28.2. The first-order valence-electron chi connectivity index (χ1n) is 17.3. The molecule has 0 bridgehead atoms. The summed E-state index contributed by atoms with van der Waals surface area (Å²) in [6.07, 6.45) is 0. The molecule has 7 aromatic carbocycles. The second-order valence-corrected chi connectivity index (χ2v) is 13.8. The molecule has 1 aliphatic heterocycles. The van der Waals surface area contributed by atoms with Crippen LogP contribution in [0.15, 0.2) is 158 Å². The minimum absolute atomic E-state index is 0.117. The predicted molar refractivity (Wildman–Crippen MR) is 205 cm³/mol. The summed E-state index contributed by atoms with van der Waals surface area (Å²) < 4.78 is 13.4. The third-order valence-electron chi connectivity index (χ3n) is 10.4. The van der Waals surface area contributed by atoms with E-state index in [9.17, 15) is 0 Å². The minimum atomic E-state index is -0.117. The van der Waals surface area contributed by atoms with Crippen molar-refractivity contribution in [3.05, 3.63) is 169 Å². The van der Waals surface area contributed by atoms with Gasteiger partial charge < -0.3 is 9.47 Å². The Morgan fingerprint density at radius 2 is 1.10 bits per heavy atom. The van der Waals surface area contributed by atoms with Crippen LogP contribution in [0.25, 0.3) is 66.9 Å². The Morgan fingerprint density at radius 3 is 1.98 bits per heavy atom. The fraction of sp³-hybridized carbons (Fsp3) is 0.0638. The van der Waals surface area contributed by atoms with Gasteiger partial charge in [-0.2, -0.15) is 0 Å². The average molecular weight is 657 g/mol. The van der Waals surface area contributed by atoms with Gasteiger partial charge in [-0.25, -0.2) is 9.97 Å². The van der Waals surface area contributed by atoms with Gasteiger partial charge in [-0.3, -0.25) is 0 Å². The zero-order valence-electron chi connectivity index (χ0n) is 28.2. The van der Waals surface area contributed by atoms with E-state index < -0.39 is 0 Å². The lowest BCUT2D eigenvalue weighted by Crippen LogP contribution is -2.15. The highest BCUT2D eigenvalue weighted by molar-refractivity contribution is 5.96. The van der Waals surface area contributed by atoms with Crippen LogP contribution >= 0.6 is 0 Å². The lowest BCUT2D eigenvalue weighted by molar-refractivity contribution is 0.361. The number of nitrogens with zero attached hydrogens (tertiary/aromatic N) is 2. The largest absolute Gasteiger partial charge is 0.449 e. The highest BCUT2D eigenvalue weighted by atomic mass is 16.6. The van der Waals surface area contributed by atoms with E-state index in [-0.39, 0.29) is 5.41 Å². The normalized spacial score (nSPS) is 13.4. The van der Waals surface area contributed by atoms with Crippen molar-refractivity contribution in [1.82, 2.24) is 9.97 Å². The molecule has 4 nitrogen and oxygen atoms in total. The maximum absolute atomic E-state index is 6.72. The second kappa shape index (κ2) is 11.3. The van der Waals surface area contributed by atoms with Crippen molar-refractivity contribution >= 4 is 10.8 Å². The van der Waals surface area contributed by atoms with E-state index in [0.717, 1.165) is 61.7 Å². The van der Waals surface area contributed by atoms with Crippen molar-refractivity contribution in [2.75, 3.05) is 0 Å². The van der Waals surface area contributed by atoms with Crippen LogP contribution < -0.4 is 9.47 Å². The van der Waals surface area contributed by atoms with Gasteiger partial charge in [0.1, 0.15) is 0 Å². The first kappa shape index (κ1) is 29.4. The van der Waals surface area contributed by atoms with Crippen molar-refractivity contribution in [3.63, 3.8) is 0 Å². The first-order chi connectivity index (χ1) is 25.0. The molecule has 0 amide bonds. The Kier molecular flexibility index (Phi) is 6.49. The molecule has 0 N–H and O–H groups in total. The quantitative estimate of drug-likeness (QED) is 0.189. The van der Waals surface area contributed by atoms with Crippen LogP contribution in [0, 0.1) is 0 Å². The number of hydrogen-bond donors (Lipinski definition) is 0. The summed E-state index contributed by atoms with van der Waals surface area (Å²) in [5.41, 5.74) is 11.6. The first-order valence-corrected chi connectivity index (χ1v) is 17.3. The maximum atomic E-state index is 6.72.